The Hall–Kier alpha value is -2.18. The summed E-state index contributed by atoms with van der Waals surface area (Å²) in [5, 5.41) is 0.651. The number of likely N-dealkylation sites (tertiary alicyclic amines) is 1. The average Bonchev–Trinajstić information content (AvgIpc) is 2.59. The topological polar surface area (TPSA) is 81.3 Å². The summed E-state index contributed by atoms with van der Waals surface area (Å²) in [6.07, 6.45) is 5.18. The lowest BCUT2D eigenvalue weighted by Gasteiger charge is -2.31. The number of carbonyl (C=O) groups excluding carboxylic acids is 1. The molecule has 0 spiro atoms. The number of nitrogens with zero attached hydrogens (tertiary/aromatic N) is 3. The number of carbonyl (C=O) groups is 1. The van der Waals surface area contributed by atoms with Crippen molar-refractivity contribution in [1.29, 1.82) is 0 Å². The Balaban J connectivity index is 1.51. The zero-order valence-corrected chi connectivity index (χ0v) is 13.9. The highest BCUT2D eigenvalue weighted by molar-refractivity contribution is 6.30. The van der Waals surface area contributed by atoms with E-state index in [1.807, 2.05) is 12.1 Å². The number of halogens is 1. The molecule has 0 saturated carbocycles. The first-order valence-corrected chi connectivity index (χ1v) is 8.23. The Morgan fingerprint density at radius 2 is 2.08 bits per heavy atom. The summed E-state index contributed by atoms with van der Waals surface area (Å²) in [4.78, 5) is 21.8. The fourth-order valence-electron chi connectivity index (χ4n) is 2.73. The van der Waals surface area contributed by atoms with Crippen molar-refractivity contribution in [2.45, 2.75) is 25.5 Å². The van der Waals surface area contributed by atoms with E-state index in [0.29, 0.717) is 10.8 Å². The lowest BCUT2D eigenvalue weighted by molar-refractivity contribution is 0.0948. The number of piperidine rings is 1. The second-order valence-electron chi connectivity index (χ2n) is 5.80. The number of primary amides is 1. The number of hydrogen-bond acceptors (Lipinski definition) is 5. The van der Waals surface area contributed by atoms with E-state index >= 15 is 0 Å². The molecule has 3 heterocycles. The van der Waals surface area contributed by atoms with E-state index in [0.717, 1.165) is 38.2 Å². The Kier molecular flexibility index (Phi) is 5.27. The maximum Gasteiger partial charge on any atom is 0.267 e. The monoisotopic (exact) mass is 346 g/mol. The standard InChI is InChI=1S/C17H19ClN4O2/c18-12-1-2-13(21-10-12)11-22-7-4-14(5-8-22)24-15-3-6-20-16(9-15)17(19)23/h1-3,6,9-10,14H,4-5,7-8,11H2,(H2,19,23). The van der Waals surface area contributed by atoms with E-state index < -0.39 is 5.91 Å². The summed E-state index contributed by atoms with van der Waals surface area (Å²) in [6.45, 7) is 2.68. The zero-order chi connectivity index (χ0) is 16.9. The minimum absolute atomic E-state index is 0.127. The first kappa shape index (κ1) is 16.7. The van der Waals surface area contributed by atoms with Gasteiger partial charge in [-0.3, -0.25) is 19.7 Å². The SMILES string of the molecule is NC(=O)c1cc(OC2CCN(Cc3ccc(Cl)cn3)CC2)ccn1. The number of pyridine rings is 2. The van der Waals surface area contributed by atoms with Crippen molar-refractivity contribution >= 4 is 17.5 Å². The molecule has 1 amide bonds. The molecule has 7 heteroatoms. The maximum absolute atomic E-state index is 11.2. The lowest BCUT2D eigenvalue weighted by atomic mass is 10.1. The third kappa shape index (κ3) is 4.43. The van der Waals surface area contributed by atoms with Crippen LogP contribution in [-0.2, 0) is 6.54 Å². The quantitative estimate of drug-likeness (QED) is 0.898. The third-order valence-corrected chi connectivity index (χ3v) is 4.22. The van der Waals surface area contributed by atoms with Crippen LogP contribution in [0, 0.1) is 0 Å². The van der Waals surface area contributed by atoms with Gasteiger partial charge in [0, 0.05) is 38.1 Å². The van der Waals surface area contributed by atoms with Gasteiger partial charge in [0.2, 0.25) is 0 Å². The number of nitrogens with two attached hydrogens (primary N) is 1. The maximum atomic E-state index is 11.2. The van der Waals surface area contributed by atoms with Crippen molar-refractivity contribution in [3.05, 3.63) is 53.1 Å². The van der Waals surface area contributed by atoms with E-state index in [2.05, 4.69) is 14.9 Å². The van der Waals surface area contributed by atoms with Crippen LogP contribution in [0.15, 0.2) is 36.7 Å². The van der Waals surface area contributed by atoms with Crippen molar-refractivity contribution in [2.24, 2.45) is 5.73 Å². The van der Waals surface area contributed by atoms with E-state index in [-0.39, 0.29) is 11.8 Å². The van der Waals surface area contributed by atoms with Gasteiger partial charge in [0.15, 0.2) is 0 Å². The van der Waals surface area contributed by atoms with Gasteiger partial charge in [-0.25, -0.2) is 0 Å². The average molecular weight is 347 g/mol. The van der Waals surface area contributed by atoms with Crippen LogP contribution in [0.2, 0.25) is 5.02 Å². The number of rotatable bonds is 5. The van der Waals surface area contributed by atoms with E-state index in [1.54, 1.807) is 18.3 Å². The Bertz CT molecular complexity index is 700. The Labute approximate surface area is 145 Å². The molecule has 24 heavy (non-hydrogen) atoms. The van der Waals surface area contributed by atoms with Gasteiger partial charge in [-0.1, -0.05) is 11.6 Å². The number of aromatic nitrogens is 2. The summed E-state index contributed by atoms with van der Waals surface area (Å²) in [6, 6.07) is 7.15. The summed E-state index contributed by atoms with van der Waals surface area (Å²) in [5.41, 5.74) is 6.47. The molecule has 0 atom stereocenters. The predicted molar refractivity (Wildman–Crippen MR) is 90.9 cm³/mol. The minimum atomic E-state index is -0.550. The first-order chi connectivity index (χ1) is 11.6. The summed E-state index contributed by atoms with van der Waals surface area (Å²) >= 11 is 5.86. The van der Waals surface area contributed by atoms with Crippen molar-refractivity contribution in [2.75, 3.05) is 13.1 Å². The smallest absolute Gasteiger partial charge is 0.267 e. The van der Waals surface area contributed by atoms with Crippen LogP contribution >= 0.6 is 11.6 Å². The Morgan fingerprint density at radius 3 is 2.75 bits per heavy atom. The van der Waals surface area contributed by atoms with E-state index in [4.69, 9.17) is 22.1 Å². The van der Waals surface area contributed by atoms with E-state index in [9.17, 15) is 4.79 Å². The van der Waals surface area contributed by atoms with Gasteiger partial charge < -0.3 is 10.5 Å². The van der Waals surface area contributed by atoms with Crippen LogP contribution in [0.1, 0.15) is 29.0 Å². The zero-order valence-electron chi connectivity index (χ0n) is 13.2. The molecule has 1 saturated heterocycles. The molecule has 0 aromatic carbocycles. The first-order valence-electron chi connectivity index (χ1n) is 7.85. The predicted octanol–water partition coefficient (Wildman–Crippen LogP) is 2.27. The molecule has 6 nitrogen and oxygen atoms in total. The van der Waals surface area contributed by atoms with Crippen LogP contribution in [0.25, 0.3) is 0 Å². The molecule has 1 fully saturated rings. The molecule has 126 valence electrons. The molecular formula is C17H19ClN4O2. The van der Waals surface area contributed by atoms with Gasteiger partial charge in [-0.05, 0) is 31.0 Å². The second kappa shape index (κ2) is 7.59. The van der Waals surface area contributed by atoms with Crippen molar-refractivity contribution < 1.29 is 9.53 Å². The molecule has 1 aliphatic heterocycles. The van der Waals surface area contributed by atoms with Crippen LogP contribution in [0.5, 0.6) is 5.75 Å². The largest absolute Gasteiger partial charge is 0.490 e. The van der Waals surface area contributed by atoms with Gasteiger partial charge in [0.25, 0.3) is 5.91 Å². The summed E-state index contributed by atoms with van der Waals surface area (Å²) < 4.78 is 5.95. The van der Waals surface area contributed by atoms with Crippen molar-refractivity contribution in [1.82, 2.24) is 14.9 Å². The highest BCUT2D eigenvalue weighted by Gasteiger charge is 2.21. The number of ether oxygens (including phenoxy) is 1. The van der Waals surface area contributed by atoms with Crippen molar-refractivity contribution in [3.8, 4) is 5.75 Å². The Morgan fingerprint density at radius 1 is 1.29 bits per heavy atom. The fourth-order valence-corrected chi connectivity index (χ4v) is 2.84. The molecule has 2 aromatic rings. The highest BCUT2D eigenvalue weighted by Crippen LogP contribution is 2.20. The van der Waals surface area contributed by atoms with Gasteiger partial charge in [-0.2, -0.15) is 0 Å². The van der Waals surface area contributed by atoms with Crippen LogP contribution in [-0.4, -0.2) is 40.0 Å². The highest BCUT2D eigenvalue weighted by atomic mass is 35.5. The van der Waals surface area contributed by atoms with Gasteiger partial charge in [0.1, 0.15) is 17.5 Å². The summed E-state index contributed by atoms with van der Waals surface area (Å²) in [5.74, 6) is 0.0855. The molecule has 2 N–H and O–H groups in total. The molecule has 3 rings (SSSR count). The minimum Gasteiger partial charge on any atom is -0.490 e. The van der Waals surface area contributed by atoms with Gasteiger partial charge >= 0.3 is 0 Å². The molecule has 0 unspecified atom stereocenters. The van der Waals surface area contributed by atoms with Crippen molar-refractivity contribution in [3.63, 3.8) is 0 Å². The number of amides is 1. The molecule has 0 aliphatic carbocycles. The fraction of sp³-hybridized carbons (Fsp3) is 0.353. The molecule has 2 aromatic heterocycles. The molecule has 1 aliphatic rings. The van der Waals surface area contributed by atoms with Crippen LogP contribution in [0.4, 0.5) is 0 Å². The van der Waals surface area contributed by atoms with Gasteiger partial charge in [0.05, 0.1) is 10.7 Å². The molecular weight excluding hydrogens is 328 g/mol. The second-order valence-corrected chi connectivity index (χ2v) is 6.24. The van der Waals surface area contributed by atoms with Gasteiger partial charge in [-0.15, -0.1) is 0 Å². The molecule has 0 radical (unpaired) electrons. The summed E-state index contributed by atoms with van der Waals surface area (Å²) in [7, 11) is 0. The lowest BCUT2D eigenvalue weighted by Crippen LogP contribution is -2.38. The third-order valence-electron chi connectivity index (χ3n) is 4.00. The molecule has 0 bridgehead atoms. The van der Waals surface area contributed by atoms with Crippen LogP contribution < -0.4 is 10.5 Å². The normalized spacial score (nSPS) is 16.0. The van der Waals surface area contributed by atoms with Crippen LogP contribution in [0.3, 0.4) is 0 Å². The number of hydrogen-bond donors (Lipinski definition) is 1. The van der Waals surface area contributed by atoms with E-state index in [1.165, 1.54) is 6.20 Å².